The first-order valence-corrected chi connectivity index (χ1v) is 34.6. The van der Waals surface area contributed by atoms with E-state index in [9.17, 15) is 0 Å². The van der Waals surface area contributed by atoms with Gasteiger partial charge in [0.1, 0.15) is 267 Å². The predicted molar refractivity (Wildman–Crippen MR) is 526 cm³/mol. The summed E-state index contributed by atoms with van der Waals surface area (Å²) in [5.74, 6) is 0. The summed E-state index contributed by atoms with van der Waals surface area (Å²) in [6, 6.07) is 0. The molecule has 0 saturated heterocycles. The van der Waals surface area contributed by atoms with Gasteiger partial charge in [0.2, 0.25) is 13.4 Å². The molecule has 0 fully saturated rings. The van der Waals surface area contributed by atoms with E-state index in [0.29, 0.717) is 0 Å². The Balaban J connectivity index is 1.30. The quantitative estimate of drug-likeness (QED) is 0.155. The highest BCUT2D eigenvalue weighted by atomic mass is 15.0. The smallest absolute Gasteiger partial charge is 0.245 e. The van der Waals surface area contributed by atoms with Crippen molar-refractivity contribution in [1.29, 1.82) is 0 Å². The van der Waals surface area contributed by atoms with E-state index < -0.39 is 0 Å². The molecule has 92 heavy (non-hydrogen) atoms. The number of rotatable bonds is 4. The molecule has 11 aromatic rings. The van der Waals surface area contributed by atoms with Crippen molar-refractivity contribution in [2.45, 2.75) is 0 Å². The number of nitrogens with zero attached hydrogens (tertiary/aromatic N) is 2. The van der Waals surface area contributed by atoms with Crippen LogP contribution in [-0.4, -0.2) is 289 Å². The van der Waals surface area contributed by atoms with Gasteiger partial charge in [-0.2, -0.15) is 0 Å². The maximum atomic E-state index is 2.88. The Morgan fingerprint density at radius 1 is 0.141 bits per heavy atom. The molecule has 0 radical (unpaired) electrons. The molecular formula is C54H68B36N2. The Morgan fingerprint density at radius 2 is 0.337 bits per heavy atom. The van der Waals surface area contributed by atoms with E-state index in [-0.39, 0.29) is 13.4 Å². The van der Waals surface area contributed by atoms with Crippen LogP contribution >= 0.6 is 0 Å². The summed E-state index contributed by atoms with van der Waals surface area (Å²) in [5, 5.41) is 5.68. The van der Waals surface area contributed by atoms with Gasteiger partial charge in [0.15, 0.2) is 0 Å². The molecule has 0 spiro atoms. The highest BCUT2D eigenvalue weighted by Gasteiger charge is 2.45. The van der Waals surface area contributed by atoms with Gasteiger partial charge < -0.3 is 9.13 Å². The minimum atomic E-state index is -0.0237. The molecule has 402 valence electrons. The molecule has 13 rings (SSSR count). The van der Waals surface area contributed by atoms with Gasteiger partial charge in [-0.05, 0) is 38.5 Å². The summed E-state index contributed by atoms with van der Waals surface area (Å²) in [4.78, 5) is 0. The molecule has 0 atom stereocenters. The van der Waals surface area contributed by atoms with Crippen molar-refractivity contribution in [3.8, 4) is 33.6 Å². The summed E-state index contributed by atoms with van der Waals surface area (Å²) in [5.41, 5.74) is 70.7. The maximum Gasteiger partial charge on any atom is 0.245 e. The minimum Gasteiger partial charge on any atom is -0.311 e. The van der Waals surface area contributed by atoms with Gasteiger partial charge in [-0.1, -0.05) is 137 Å². The first kappa shape index (κ1) is 65.6. The minimum absolute atomic E-state index is 0.0237. The van der Waals surface area contributed by atoms with E-state index in [2.05, 4.69) is 276 Å². The predicted octanol–water partition coefficient (Wildman–Crippen LogP) is -50.3. The van der Waals surface area contributed by atoms with E-state index in [1.165, 1.54) is 296 Å². The Hall–Kier alpha value is -5.08. The lowest BCUT2D eigenvalue weighted by molar-refractivity contribution is 1.20. The average molecular weight is 1130 g/mol. The molecule has 0 saturated carbocycles. The van der Waals surface area contributed by atoms with Gasteiger partial charge in [-0.15, -0.1) is 76.5 Å². The lowest BCUT2D eigenvalue weighted by atomic mass is 9.28. The van der Waals surface area contributed by atoms with E-state index in [1.54, 1.807) is 0 Å². The maximum absolute atomic E-state index is 2.88. The zero-order valence-corrected chi connectivity index (χ0v) is 63.0. The molecule has 2 aliphatic rings. The van der Waals surface area contributed by atoms with Gasteiger partial charge in [0.05, 0.1) is 0 Å². The van der Waals surface area contributed by atoms with Crippen molar-refractivity contribution in [2.75, 3.05) is 0 Å². The first-order valence-electron chi connectivity index (χ1n) is 34.6. The fraction of sp³-hybridized carbons (Fsp3) is 0. The van der Waals surface area contributed by atoms with Gasteiger partial charge in [-0.3, -0.25) is 0 Å². The number of fused-ring (bicyclic) bond motifs is 10. The normalized spacial score (nSPS) is 12.5. The highest BCUT2D eigenvalue weighted by molar-refractivity contribution is 7.08. The number of aromatic nitrogens is 2. The third kappa shape index (κ3) is 7.91. The molecule has 9 aromatic carbocycles. The van der Waals surface area contributed by atoms with Gasteiger partial charge >= 0.3 is 0 Å². The molecular weight excluding hydrogens is 1070 g/mol. The van der Waals surface area contributed by atoms with E-state index in [0.717, 1.165) is 0 Å². The topological polar surface area (TPSA) is 9.86 Å². The zero-order valence-electron chi connectivity index (χ0n) is 63.0. The number of hydrogen-bond donors (Lipinski definition) is 0. The summed E-state index contributed by atoms with van der Waals surface area (Å²) >= 11 is 0. The van der Waals surface area contributed by atoms with Crippen LogP contribution in [0.3, 0.4) is 0 Å². The number of benzene rings is 9. The largest absolute Gasteiger partial charge is 0.311 e. The van der Waals surface area contributed by atoms with E-state index in [4.69, 9.17) is 0 Å². The van der Waals surface area contributed by atoms with Crippen LogP contribution in [0, 0.1) is 0 Å². The second-order valence-electron chi connectivity index (χ2n) is 30.4. The monoisotopic (exact) mass is 1140 g/mol. The Bertz CT molecular complexity index is 5080. The third-order valence-electron chi connectivity index (χ3n) is 27.7. The average Bonchev–Trinajstić information content (AvgIpc) is 1.44. The van der Waals surface area contributed by atoms with Crippen LogP contribution in [0.15, 0.2) is 0 Å². The third-order valence-corrected chi connectivity index (χ3v) is 27.7. The summed E-state index contributed by atoms with van der Waals surface area (Å²) in [6.07, 6.45) is 0. The molecule has 0 N–H and O–H groups in total. The van der Waals surface area contributed by atoms with Gasteiger partial charge in [0, 0.05) is 44.2 Å². The lowest BCUT2D eigenvalue weighted by Crippen LogP contribution is -2.75. The van der Waals surface area contributed by atoms with Crippen LogP contribution in [0.25, 0.3) is 77.2 Å². The molecule has 0 bridgehead atoms. The zero-order chi connectivity index (χ0) is 67.5. The van der Waals surface area contributed by atoms with Crippen LogP contribution in [0.2, 0.25) is 0 Å². The molecule has 0 aliphatic carbocycles. The van der Waals surface area contributed by atoms with E-state index in [1.807, 2.05) is 0 Å². The lowest BCUT2D eigenvalue weighted by Gasteiger charge is -2.38. The van der Waals surface area contributed by atoms with Crippen molar-refractivity contribution in [2.24, 2.45) is 0 Å². The molecule has 2 nitrogen and oxygen atoms in total. The molecule has 2 aromatic heterocycles. The van der Waals surface area contributed by atoms with Crippen LogP contribution in [0.4, 0.5) is 0 Å². The fourth-order valence-electron chi connectivity index (χ4n) is 19.5. The summed E-state index contributed by atoms with van der Waals surface area (Å²) in [7, 11) is 82.6. The Kier molecular flexibility index (Phi) is 15.5. The Labute approximate surface area is 580 Å². The Morgan fingerprint density at radius 3 is 0.620 bits per heavy atom. The van der Waals surface area contributed by atoms with Crippen LogP contribution < -0.4 is 219 Å². The highest BCUT2D eigenvalue weighted by Crippen LogP contribution is 2.36. The molecule has 0 amide bonds. The molecule has 0 unspecified atom stereocenters. The van der Waals surface area contributed by atoms with Crippen molar-refractivity contribution < 1.29 is 0 Å². The summed E-state index contributed by atoms with van der Waals surface area (Å²) < 4.78 is 5.76. The molecule has 2 aliphatic heterocycles. The van der Waals surface area contributed by atoms with Crippen LogP contribution in [-0.2, 0) is 0 Å². The second kappa shape index (κ2) is 21.7. The second-order valence-corrected chi connectivity index (χ2v) is 30.4. The van der Waals surface area contributed by atoms with Crippen LogP contribution in [0.5, 0.6) is 0 Å². The fourth-order valence-corrected chi connectivity index (χ4v) is 19.5. The van der Waals surface area contributed by atoms with Crippen LogP contribution in [0.1, 0.15) is 0 Å². The van der Waals surface area contributed by atoms with Crippen molar-refractivity contribution in [3.63, 3.8) is 0 Å². The van der Waals surface area contributed by atoms with E-state index >= 15 is 0 Å². The van der Waals surface area contributed by atoms with Crippen molar-refractivity contribution in [1.82, 2.24) is 9.13 Å². The van der Waals surface area contributed by atoms with Gasteiger partial charge in [0.25, 0.3) is 0 Å². The van der Waals surface area contributed by atoms with Crippen molar-refractivity contribution >= 4 is 542 Å². The SMILES string of the molecule is Bc1c(B)c(B)c(-c2c(B)c(B)c(B)c(B)c2B2c3c(B)c(B)c(B)c(B)c3-n3c4c2c(B)c(B)c(B)c4c2c(B)c4c5c(B)c(B)c(B)c6c5n(c4c(B)c23)-c2c(B)c(B)c(B)c(B)c2B6c2c(B)c(B)c(B)c(B)c2-c2c(B)c(B)c(B)c(B)c2B)c(B)c1B. The summed E-state index contributed by atoms with van der Waals surface area (Å²) in [6.45, 7) is -0.0474. The van der Waals surface area contributed by atoms with Crippen molar-refractivity contribution in [3.05, 3.63) is 0 Å². The molecule has 4 heterocycles. The standard InChI is InChI=1S/C54H68B36N2/c55-9-5-7-16(62)24(70)36(82)45-51(7)91(53-40(86)32(78)30(76)38(84)47(53)89(45)43-3(14(60)22(68)28(74)34(43)80)1-10(56)18(64)26(72)19(65)11(1)57)49(5)42(88)50-6(9)8-17(63)25(71)37(83)46-52(8)92(50)54-41(87)33(79)31(77)39(85)48(54)90(46)44-4(15(61)23(69)29(75)35(44)81)2-12(58)20(66)27(73)21(67)13(2)59/h55-88H2. The number of hydrogen-bond acceptors (Lipinski definition) is 0. The first-order chi connectivity index (χ1) is 43.0. The molecule has 38 heteroatoms. The van der Waals surface area contributed by atoms with Gasteiger partial charge in [-0.25, -0.2) is 0 Å².